The number of carbonyl (C=O) groups is 1. The molecule has 1 heterocycles. The van der Waals surface area contributed by atoms with E-state index in [1.807, 2.05) is 18.2 Å². The second kappa shape index (κ2) is 21.7. The van der Waals surface area contributed by atoms with E-state index in [0.29, 0.717) is 11.3 Å². The molecule has 0 aliphatic carbocycles. The maximum Gasteiger partial charge on any atom is 0.416 e. The summed E-state index contributed by atoms with van der Waals surface area (Å²) in [5, 5.41) is 10.3. The van der Waals surface area contributed by atoms with Crippen LogP contribution in [0.15, 0.2) is 128 Å². The zero-order chi connectivity index (χ0) is 59.0. The number of nitro groups is 1. The molecule has 0 bridgehead atoms. The predicted octanol–water partition coefficient (Wildman–Crippen LogP) is 12.8. The van der Waals surface area contributed by atoms with E-state index >= 15 is 0 Å². The van der Waals surface area contributed by atoms with E-state index in [-0.39, 0.29) is 18.9 Å². The van der Waals surface area contributed by atoms with E-state index in [4.69, 9.17) is 0 Å². The number of ketones is 1. The van der Waals surface area contributed by atoms with E-state index < -0.39 is 200 Å². The summed E-state index contributed by atoms with van der Waals surface area (Å²) in [6.45, 7) is -0.105. The van der Waals surface area contributed by atoms with Gasteiger partial charge in [0.2, 0.25) is 24.6 Å². The molecule has 0 atom stereocenters. The van der Waals surface area contributed by atoms with Crippen LogP contribution in [0.2, 0.25) is 0 Å². The molecule has 6 nitrogen and oxygen atoms in total. The number of benzene rings is 5. The molecule has 0 aliphatic heterocycles. The van der Waals surface area contributed by atoms with E-state index in [9.17, 15) is 120 Å². The molecular weight excluding hydrogens is 1120 g/mol. The van der Waals surface area contributed by atoms with Crippen molar-refractivity contribution < 1.29 is 120 Å². The molecule has 6 rings (SSSR count). The van der Waals surface area contributed by atoms with Crippen molar-refractivity contribution in [2.75, 3.05) is 6.54 Å². The largest absolute Gasteiger partial charge is 0.416 e. The number of nitrogens with zero attached hydrogens (tertiary/aromatic N) is 3. The third-order valence-corrected chi connectivity index (χ3v) is 11.3. The van der Waals surface area contributed by atoms with Gasteiger partial charge in [0.1, 0.15) is 6.15 Å². The summed E-state index contributed by atoms with van der Waals surface area (Å²) in [6.07, 6.45) is -47.0. The van der Waals surface area contributed by atoms with E-state index in [1.54, 1.807) is 41.4 Å². The Morgan fingerprint density at radius 2 is 0.756 bits per heavy atom. The third-order valence-electron chi connectivity index (χ3n) is 11.3. The number of hydrogen-bond donors (Lipinski definition) is 0. The maximum absolute atomic E-state index is 14.2. The lowest BCUT2D eigenvalue weighted by atomic mass is 9.12. The first-order valence-electron chi connectivity index (χ1n) is 21.0. The highest BCUT2D eigenvalue weighted by molar-refractivity contribution is 7.20. The molecule has 5 aromatic carbocycles. The molecule has 0 saturated carbocycles. The van der Waals surface area contributed by atoms with Gasteiger partial charge in [0, 0.05) is 16.6 Å². The number of Topliss-reactive ketones (excluding diaryl/α,β-unsaturated/α-hetero) is 1. The van der Waals surface area contributed by atoms with Gasteiger partial charge < -0.3 is 0 Å². The van der Waals surface area contributed by atoms with Gasteiger partial charge in [0.15, 0.2) is 6.20 Å². The smallest absolute Gasteiger partial charge is 0.287 e. The summed E-state index contributed by atoms with van der Waals surface area (Å²) in [7, 11) is 0. The summed E-state index contributed by atoms with van der Waals surface area (Å²) < 4.78 is 343. The maximum atomic E-state index is 14.2. The molecule has 0 aliphatic rings. The van der Waals surface area contributed by atoms with Gasteiger partial charge >= 0.3 is 49.4 Å². The van der Waals surface area contributed by atoms with Gasteiger partial charge in [-0.05, 0) is 30.3 Å². The van der Waals surface area contributed by atoms with Crippen LogP contribution in [-0.2, 0) is 56.0 Å². The first-order chi connectivity index (χ1) is 35.4. The molecule has 0 spiro atoms. The van der Waals surface area contributed by atoms with Crippen molar-refractivity contribution in [2.24, 2.45) is 0 Å². The molecule has 6 aromatic rings. The predicted molar refractivity (Wildman–Crippen MR) is 226 cm³/mol. The first kappa shape index (κ1) is 61.2. The molecule has 0 amide bonds. The number of hydrogen-bond acceptors (Lipinski definition) is 4. The van der Waals surface area contributed by atoms with Gasteiger partial charge in [0.25, 0.3) is 0 Å². The third kappa shape index (κ3) is 14.7. The van der Waals surface area contributed by atoms with Crippen LogP contribution in [0.25, 0.3) is 6.08 Å². The van der Waals surface area contributed by atoms with E-state index in [1.165, 1.54) is 6.08 Å². The molecule has 418 valence electrons. The molecule has 0 fully saturated rings. The minimum absolute atomic E-state index is 0.0317. The van der Waals surface area contributed by atoms with Gasteiger partial charge in [0.05, 0.1) is 56.9 Å². The summed E-state index contributed by atoms with van der Waals surface area (Å²) in [5.74, 6) is -0.0317. The average molecular weight is 1150 g/mol. The zero-order valence-corrected chi connectivity index (χ0v) is 37.8. The SMILES string of the molecule is FC(F)(F)c1cc([B-](c2cc(C(F)(F)F)cc(C(F)(F)F)c2)(c2cc(C(F)(F)F)cc(C(F)(F)F)c2)c2cc(C(F)(F)F)cc(C(F)(F)F)c2)cc(C(F)(F)F)c1.O=C(C[n+]1ccncc1C=CC[N+](=O)[O-])c1ccccc1. The van der Waals surface area contributed by atoms with Crippen LogP contribution in [0.1, 0.15) is 60.6 Å². The highest BCUT2D eigenvalue weighted by Crippen LogP contribution is 2.41. The van der Waals surface area contributed by atoms with Crippen molar-refractivity contribution in [2.45, 2.75) is 56.0 Å². The normalized spacial score (nSPS) is 13.3. The Hall–Kier alpha value is -7.63. The van der Waals surface area contributed by atoms with Crippen molar-refractivity contribution in [3.63, 3.8) is 0 Å². The van der Waals surface area contributed by atoms with Crippen molar-refractivity contribution >= 4 is 39.9 Å². The minimum Gasteiger partial charge on any atom is -0.287 e. The number of aromatic nitrogens is 2. The Bertz CT molecular complexity index is 2750. The quantitative estimate of drug-likeness (QED) is 0.0342. The first-order valence-corrected chi connectivity index (χ1v) is 21.0. The van der Waals surface area contributed by atoms with Crippen LogP contribution in [0.4, 0.5) is 105 Å². The van der Waals surface area contributed by atoms with Crippen molar-refractivity contribution in [3.8, 4) is 0 Å². The molecule has 1 aromatic heterocycles. The molecular formula is C47H26BF24N3O3. The summed E-state index contributed by atoms with van der Waals surface area (Å²) >= 11 is 0. The van der Waals surface area contributed by atoms with Crippen LogP contribution in [0.5, 0.6) is 0 Å². The van der Waals surface area contributed by atoms with Crippen molar-refractivity contribution in [1.82, 2.24) is 4.98 Å². The van der Waals surface area contributed by atoms with Crippen LogP contribution >= 0.6 is 0 Å². The molecule has 0 unspecified atom stereocenters. The topological polar surface area (TPSA) is 77.0 Å². The molecule has 0 radical (unpaired) electrons. The molecule has 31 heteroatoms. The van der Waals surface area contributed by atoms with Gasteiger partial charge in [-0.15, -0.1) is 0 Å². The second-order valence-corrected chi connectivity index (χ2v) is 16.6. The monoisotopic (exact) mass is 1150 g/mol. The van der Waals surface area contributed by atoms with Crippen molar-refractivity contribution in [1.29, 1.82) is 0 Å². The number of halogens is 24. The Kier molecular flexibility index (Phi) is 17.0. The summed E-state index contributed by atoms with van der Waals surface area (Å²) in [5.41, 5.74) is -28.9. The van der Waals surface area contributed by atoms with Crippen LogP contribution in [0, 0.1) is 10.1 Å². The van der Waals surface area contributed by atoms with Crippen LogP contribution in [-0.4, -0.2) is 28.4 Å². The Labute approximate surface area is 420 Å². The van der Waals surface area contributed by atoms with E-state index in [0.717, 1.165) is 0 Å². The highest BCUT2D eigenvalue weighted by atomic mass is 19.4. The van der Waals surface area contributed by atoms with Gasteiger partial charge in [-0.3, -0.25) is 19.9 Å². The lowest BCUT2D eigenvalue weighted by molar-refractivity contribution is -0.685. The lowest BCUT2D eigenvalue weighted by Gasteiger charge is -2.46. The molecule has 0 N–H and O–H groups in total. The van der Waals surface area contributed by atoms with Crippen LogP contribution < -0.4 is 26.4 Å². The van der Waals surface area contributed by atoms with Gasteiger partial charge in [-0.2, -0.15) is 132 Å². The Morgan fingerprint density at radius 1 is 0.474 bits per heavy atom. The summed E-state index contributed by atoms with van der Waals surface area (Å²) in [6, 6.07) is 0.167. The number of rotatable bonds is 10. The average Bonchev–Trinajstić information content (AvgIpc) is 3.30. The van der Waals surface area contributed by atoms with Gasteiger partial charge in [-0.25, -0.2) is 0 Å². The number of alkyl halides is 24. The minimum atomic E-state index is -6.13. The van der Waals surface area contributed by atoms with Crippen molar-refractivity contribution in [3.05, 3.63) is 194 Å². The lowest BCUT2D eigenvalue weighted by Crippen LogP contribution is -2.75. The molecule has 78 heavy (non-hydrogen) atoms. The fourth-order valence-corrected chi connectivity index (χ4v) is 7.88. The Morgan fingerprint density at radius 3 is 1.01 bits per heavy atom. The van der Waals surface area contributed by atoms with Gasteiger partial charge in [-0.1, -0.05) is 78.9 Å². The Balaban J connectivity index is 0.000000443. The van der Waals surface area contributed by atoms with Crippen LogP contribution in [0.3, 0.4) is 0 Å². The highest BCUT2D eigenvalue weighted by Gasteiger charge is 2.47. The van der Waals surface area contributed by atoms with E-state index in [2.05, 4.69) is 4.98 Å². The fraction of sp³-hybridized carbons (Fsp3) is 0.213. The zero-order valence-electron chi connectivity index (χ0n) is 37.8. The summed E-state index contributed by atoms with van der Waals surface area (Å²) in [4.78, 5) is 26.0. The molecule has 0 saturated heterocycles. The number of carbonyl (C=O) groups excluding carboxylic acids is 1. The second-order valence-electron chi connectivity index (χ2n) is 16.6. The fourth-order valence-electron chi connectivity index (χ4n) is 7.88. The standard InChI is InChI=1S/C32H12BF24.C15H14N3O3/c34-25(35,36)13-1-14(26(37,38)39)6-21(5-13)33(22-7-15(27(40,41)42)2-16(8-22)28(43,44)45,23-9-17(29(46,47)48)3-18(10-23)30(49,50)51)24-11-19(31(52,53)54)4-20(12-24)32(55,56)57;19-15(13-5-2-1-3-6-13)12-17-10-8-16-11-14(17)7-4-9-18(20)21/h1-12H;1-8,10-11H,9,12H2/q-1;+1.